The summed E-state index contributed by atoms with van der Waals surface area (Å²) in [7, 11) is 0. The summed E-state index contributed by atoms with van der Waals surface area (Å²) >= 11 is 0. The van der Waals surface area contributed by atoms with Crippen LogP contribution in [0.25, 0.3) is 0 Å². The predicted molar refractivity (Wildman–Crippen MR) is 57.6 cm³/mol. The van der Waals surface area contributed by atoms with Crippen molar-refractivity contribution in [3.05, 3.63) is 23.3 Å². The minimum absolute atomic E-state index is 0.116. The normalized spacial score (nSPS) is 18.0. The molecule has 2 heterocycles. The lowest BCUT2D eigenvalue weighted by atomic mass is 10.1. The summed E-state index contributed by atoms with van der Waals surface area (Å²) in [6.07, 6.45) is 4.49. The van der Waals surface area contributed by atoms with Crippen molar-refractivity contribution in [2.45, 2.75) is 32.2 Å². The molecule has 0 radical (unpaired) electrons. The fourth-order valence-corrected chi connectivity index (χ4v) is 1.75. The molecule has 1 aliphatic rings. The fraction of sp³-hybridized carbons (Fsp3) is 0.636. The predicted octanol–water partition coefficient (Wildman–Crippen LogP) is 0.481. The maximum Gasteiger partial charge on any atom is 0.130 e. The lowest BCUT2D eigenvalue weighted by Gasteiger charge is -2.07. The standard InChI is InChI=1S/C11H17N3O/c1-8(12)6-11-13-7-9-2-4-15-5-3-10(9)14-11/h7-8H,2-6,12H2,1H3. The average Bonchev–Trinajstić information content (AvgIpc) is 2.41. The van der Waals surface area contributed by atoms with Crippen molar-refractivity contribution in [1.82, 2.24) is 9.97 Å². The second-order valence-electron chi connectivity index (χ2n) is 4.05. The quantitative estimate of drug-likeness (QED) is 0.766. The van der Waals surface area contributed by atoms with E-state index in [9.17, 15) is 0 Å². The molecule has 1 aliphatic heterocycles. The largest absolute Gasteiger partial charge is 0.381 e. The summed E-state index contributed by atoms with van der Waals surface area (Å²) in [6.45, 7) is 3.52. The summed E-state index contributed by atoms with van der Waals surface area (Å²) in [5.74, 6) is 0.852. The molecule has 1 aromatic rings. The number of hydrogen-bond donors (Lipinski definition) is 1. The number of nitrogens with zero attached hydrogens (tertiary/aromatic N) is 2. The van der Waals surface area contributed by atoms with Crippen molar-refractivity contribution in [3.63, 3.8) is 0 Å². The van der Waals surface area contributed by atoms with Gasteiger partial charge in [-0.25, -0.2) is 9.97 Å². The van der Waals surface area contributed by atoms with Crippen molar-refractivity contribution in [2.75, 3.05) is 13.2 Å². The highest BCUT2D eigenvalue weighted by Gasteiger charge is 2.11. The van der Waals surface area contributed by atoms with E-state index in [2.05, 4.69) is 9.97 Å². The van der Waals surface area contributed by atoms with Gasteiger partial charge in [-0.05, 0) is 18.9 Å². The zero-order valence-corrected chi connectivity index (χ0v) is 9.07. The van der Waals surface area contributed by atoms with Gasteiger partial charge in [0, 0.05) is 30.8 Å². The SMILES string of the molecule is CC(N)Cc1ncc2c(n1)CCOCC2. The Morgan fingerprint density at radius 1 is 1.47 bits per heavy atom. The maximum absolute atomic E-state index is 5.73. The van der Waals surface area contributed by atoms with Gasteiger partial charge in [0.15, 0.2) is 0 Å². The topological polar surface area (TPSA) is 61.0 Å². The van der Waals surface area contributed by atoms with Crippen LogP contribution in [0.5, 0.6) is 0 Å². The van der Waals surface area contributed by atoms with Crippen LogP contribution >= 0.6 is 0 Å². The number of ether oxygens (including phenoxy) is 1. The first kappa shape index (κ1) is 10.5. The zero-order chi connectivity index (χ0) is 10.7. The monoisotopic (exact) mass is 207 g/mol. The molecular weight excluding hydrogens is 190 g/mol. The first-order chi connectivity index (χ1) is 7.25. The van der Waals surface area contributed by atoms with E-state index in [4.69, 9.17) is 10.5 Å². The third kappa shape index (κ3) is 2.73. The Morgan fingerprint density at radius 3 is 3.07 bits per heavy atom. The van der Waals surface area contributed by atoms with Crippen LogP contribution in [0.15, 0.2) is 6.20 Å². The highest BCUT2D eigenvalue weighted by atomic mass is 16.5. The van der Waals surface area contributed by atoms with E-state index in [1.54, 1.807) is 0 Å². The van der Waals surface area contributed by atoms with Crippen LogP contribution in [-0.2, 0) is 24.0 Å². The Hall–Kier alpha value is -1.00. The van der Waals surface area contributed by atoms with Crippen molar-refractivity contribution in [2.24, 2.45) is 5.73 Å². The fourth-order valence-electron chi connectivity index (χ4n) is 1.75. The van der Waals surface area contributed by atoms with Gasteiger partial charge in [0.25, 0.3) is 0 Å². The number of fused-ring (bicyclic) bond motifs is 1. The van der Waals surface area contributed by atoms with Gasteiger partial charge in [0.2, 0.25) is 0 Å². The van der Waals surface area contributed by atoms with Crippen LogP contribution in [-0.4, -0.2) is 29.2 Å². The van der Waals surface area contributed by atoms with Crippen LogP contribution in [0, 0.1) is 0 Å². The molecular formula is C11H17N3O. The molecule has 0 aliphatic carbocycles. The molecule has 4 nitrogen and oxygen atoms in total. The van der Waals surface area contributed by atoms with E-state index in [1.807, 2.05) is 13.1 Å². The van der Waals surface area contributed by atoms with Crippen LogP contribution in [0.2, 0.25) is 0 Å². The minimum atomic E-state index is 0.116. The number of aromatic nitrogens is 2. The lowest BCUT2D eigenvalue weighted by Crippen LogP contribution is -2.20. The first-order valence-corrected chi connectivity index (χ1v) is 5.42. The van der Waals surface area contributed by atoms with Gasteiger partial charge in [-0.2, -0.15) is 0 Å². The van der Waals surface area contributed by atoms with Gasteiger partial charge in [0.05, 0.1) is 13.2 Å². The first-order valence-electron chi connectivity index (χ1n) is 5.42. The third-order valence-corrected chi connectivity index (χ3v) is 2.51. The van der Waals surface area contributed by atoms with E-state index in [-0.39, 0.29) is 6.04 Å². The molecule has 0 saturated heterocycles. The Labute approximate surface area is 89.9 Å². The Bertz CT molecular complexity index is 339. The van der Waals surface area contributed by atoms with E-state index < -0.39 is 0 Å². The summed E-state index contributed by atoms with van der Waals surface area (Å²) in [5.41, 5.74) is 8.09. The Morgan fingerprint density at radius 2 is 2.27 bits per heavy atom. The van der Waals surface area contributed by atoms with Crippen molar-refractivity contribution in [3.8, 4) is 0 Å². The molecule has 2 rings (SSSR count). The second-order valence-corrected chi connectivity index (χ2v) is 4.05. The summed E-state index contributed by atoms with van der Waals surface area (Å²) in [4.78, 5) is 8.87. The van der Waals surface area contributed by atoms with Gasteiger partial charge >= 0.3 is 0 Å². The lowest BCUT2D eigenvalue weighted by molar-refractivity contribution is 0.146. The van der Waals surface area contributed by atoms with Gasteiger partial charge in [-0.3, -0.25) is 0 Å². The van der Waals surface area contributed by atoms with E-state index in [0.29, 0.717) is 0 Å². The summed E-state index contributed by atoms with van der Waals surface area (Å²) in [5, 5.41) is 0. The molecule has 0 amide bonds. The molecule has 1 unspecified atom stereocenters. The van der Waals surface area contributed by atoms with Crippen LogP contribution in [0.1, 0.15) is 24.0 Å². The summed E-state index contributed by atoms with van der Waals surface area (Å²) < 4.78 is 5.41. The number of rotatable bonds is 2. The molecule has 1 aromatic heterocycles. The van der Waals surface area contributed by atoms with Crippen LogP contribution < -0.4 is 5.73 Å². The highest BCUT2D eigenvalue weighted by Crippen LogP contribution is 2.11. The third-order valence-electron chi connectivity index (χ3n) is 2.51. The van der Waals surface area contributed by atoms with E-state index in [1.165, 1.54) is 5.56 Å². The van der Waals surface area contributed by atoms with Gasteiger partial charge in [0.1, 0.15) is 5.82 Å². The molecule has 82 valence electrons. The molecule has 15 heavy (non-hydrogen) atoms. The Kier molecular flexibility index (Phi) is 3.28. The average molecular weight is 207 g/mol. The molecule has 0 saturated carbocycles. The second kappa shape index (κ2) is 4.68. The van der Waals surface area contributed by atoms with Gasteiger partial charge in [-0.1, -0.05) is 0 Å². The zero-order valence-electron chi connectivity index (χ0n) is 9.07. The minimum Gasteiger partial charge on any atom is -0.381 e. The number of hydrogen-bond acceptors (Lipinski definition) is 4. The summed E-state index contributed by atoms with van der Waals surface area (Å²) in [6, 6.07) is 0.116. The highest BCUT2D eigenvalue weighted by molar-refractivity contribution is 5.19. The molecule has 0 fully saturated rings. The Balaban J connectivity index is 2.20. The van der Waals surface area contributed by atoms with Gasteiger partial charge < -0.3 is 10.5 Å². The number of nitrogens with two attached hydrogens (primary N) is 1. The van der Waals surface area contributed by atoms with E-state index in [0.717, 1.165) is 44.0 Å². The van der Waals surface area contributed by atoms with Crippen LogP contribution in [0.4, 0.5) is 0 Å². The smallest absolute Gasteiger partial charge is 0.130 e. The molecule has 2 N–H and O–H groups in total. The van der Waals surface area contributed by atoms with Crippen molar-refractivity contribution < 1.29 is 4.74 Å². The van der Waals surface area contributed by atoms with Crippen molar-refractivity contribution >= 4 is 0 Å². The molecule has 1 atom stereocenters. The molecule has 4 heteroatoms. The van der Waals surface area contributed by atoms with Crippen LogP contribution in [0.3, 0.4) is 0 Å². The van der Waals surface area contributed by atoms with Gasteiger partial charge in [-0.15, -0.1) is 0 Å². The molecule has 0 aromatic carbocycles. The van der Waals surface area contributed by atoms with Crippen molar-refractivity contribution in [1.29, 1.82) is 0 Å². The molecule has 0 bridgehead atoms. The van der Waals surface area contributed by atoms with E-state index >= 15 is 0 Å². The molecule has 0 spiro atoms. The maximum atomic E-state index is 5.73.